The molecule has 2 aromatic rings. The van der Waals surface area contributed by atoms with E-state index in [0.717, 1.165) is 0 Å². The summed E-state index contributed by atoms with van der Waals surface area (Å²) in [6, 6.07) is 13.2. The molecule has 0 aliphatic rings. The van der Waals surface area contributed by atoms with E-state index < -0.39 is 17.2 Å². The lowest BCUT2D eigenvalue weighted by Crippen LogP contribution is -2.41. The molecule has 0 heterocycles. The van der Waals surface area contributed by atoms with Gasteiger partial charge < -0.3 is 21.3 Å². The number of hydrogen-bond acceptors (Lipinski definition) is 4. The predicted molar refractivity (Wildman–Crippen MR) is 113 cm³/mol. The summed E-state index contributed by atoms with van der Waals surface area (Å²) in [4.78, 5) is 47.5. The molecule has 0 aliphatic carbocycles. The summed E-state index contributed by atoms with van der Waals surface area (Å²) >= 11 is 0. The molecule has 152 valence electrons. The van der Waals surface area contributed by atoms with E-state index >= 15 is 0 Å². The van der Waals surface area contributed by atoms with Crippen LogP contribution < -0.4 is 21.3 Å². The minimum absolute atomic E-state index is 0.192. The Bertz CT molecular complexity index is 936. The number of anilines is 4. The molecule has 8 nitrogen and oxygen atoms in total. The van der Waals surface area contributed by atoms with Crippen LogP contribution >= 0.6 is 0 Å². The van der Waals surface area contributed by atoms with Crippen LogP contribution in [0.1, 0.15) is 27.7 Å². The Hall–Kier alpha value is -3.68. The standard InChI is InChI=1S/C21H24N4O4/c1-13(26)22-15-8-10-16(11-9-15)24-19(28)21(3,4)20(29)25-18-7-5-6-17(12-18)23-14(2)27/h5-12H,1-4H3,(H,22,26)(H,23,27)(H,24,28)(H,25,29). The van der Waals surface area contributed by atoms with Crippen molar-refractivity contribution >= 4 is 46.4 Å². The van der Waals surface area contributed by atoms with Gasteiger partial charge in [-0.15, -0.1) is 0 Å². The Morgan fingerprint density at radius 1 is 0.621 bits per heavy atom. The van der Waals surface area contributed by atoms with Crippen LogP contribution in [0.2, 0.25) is 0 Å². The molecular weight excluding hydrogens is 372 g/mol. The third-order valence-electron chi connectivity index (χ3n) is 4.04. The van der Waals surface area contributed by atoms with Crippen molar-refractivity contribution in [1.29, 1.82) is 0 Å². The fourth-order valence-electron chi connectivity index (χ4n) is 2.40. The molecule has 0 aromatic heterocycles. The van der Waals surface area contributed by atoms with Crippen molar-refractivity contribution in [3.8, 4) is 0 Å². The molecule has 0 aliphatic heterocycles. The number of rotatable bonds is 6. The van der Waals surface area contributed by atoms with Crippen molar-refractivity contribution in [3.63, 3.8) is 0 Å². The number of hydrogen-bond donors (Lipinski definition) is 4. The van der Waals surface area contributed by atoms with E-state index in [1.54, 1.807) is 48.5 Å². The Morgan fingerprint density at radius 3 is 1.48 bits per heavy atom. The zero-order valence-corrected chi connectivity index (χ0v) is 16.8. The van der Waals surface area contributed by atoms with Gasteiger partial charge in [0, 0.05) is 36.6 Å². The van der Waals surface area contributed by atoms with E-state index in [-0.39, 0.29) is 11.8 Å². The number of carbonyl (C=O) groups excluding carboxylic acids is 4. The van der Waals surface area contributed by atoms with Crippen LogP contribution in [0.5, 0.6) is 0 Å². The van der Waals surface area contributed by atoms with Gasteiger partial charge in [0.05, 0.1) is 0 Å². The minimum Gasteiger partial charge on any atom is -0.326 e. The van der Waals surface area contributed by atoms with Gasteiger partial charge in [-0.3, -0.25) is 19.2 Å². The number of carbonyl (C=O) groups is 4. The van der Waals surface area contributed by atoms with Crippen molar-refractivity contribution in [2.45, 2.75) is 27.7 Å². The summed E-state index contributed by atoms with van der Waals surface area (Å²) < 4.78 is 0. The van der Waals surface area contributed by atoms with Gasteiger partial charge in [-0.2, -0.15) is 0 Å². The van der Waals surface area contributed by atoms with Gasteiger partial charge in [-0.05, 0) is 56.3 Å². The zero-order chi connectivity index (χ0) is 21.6. The van der Waals surface area contributed by atoms with Crippen molar-refractivity contribution in [2.75, 3.05) is 21.3 Å². The maximum absolute atomic E-state index is 12.7. The second-order valence-electron chi connectivity index (χ2n) is 7.05. The van der Waals surface area contributed by atoms with E-state index in [1.807, 2.05) is 0 Å². The quantitative estimate of drug-likeness (QED) is 0.561. The fourth-order valence-corrected chi connectivity index (χ4v) is 2.40. The molecule has 8 heteroatoms. The lowest BCUT2D eigenvalue weighted by Gasteiger charge is -2.23. The van der Waals surface area contributed by atoms with Gasteiger partial charge in [0.15, 0.2) is 0 Å². The molecule has 0 radical (unpaired) electrons. The molecule has 29 heavy (non-hydrogen) atoms. The van der Waals surface area contributed by atoms with Crippen molar-refractivity contribution in [2.24, 2.45) is 5.41 Å². The average molecular weight is 396 g/mol. The van der Waals surface area contributed by atoms with E-state index in [9.17, 15) is 19.2 Å². The number of benzene rings is 2. The highest BCUT2D eigenvalue weighted by Crippen LogP contribution is 2.23. The summed E-state index contributed by atoms with van der Waals surface area (Å²) in [7, 11) is 0. The van der Waals surface area contributed by atoms with Gasteiger partial charge >= 0.3 is 0 Å². The lowest BCUT2D eigenvalue weighted by molar-refractivity contribution is -0.135. The first-order valence-electron chi connectivity index (χ1n) is 8.96. The topological polar surface area (TPSA) is 116 Å². The first-order chi connectivity index (χ1) is 13.6. The van der Waals surface area contributed by atoms with Crippen LogP contribution in [0.15, 0.2) is 48.5 Å². The second kappa shape index (κ2) is 9.01. The van der Waals surface area contributed by atoms with E-state index in [0.29, 0.717) is 22.7 Å². The molecule has 2 rings (SSSR count). The molecule has 0 atom stereocenters. The molecule has 0 fully saturated rings. The Morgan fingerprint density at radius 2 is 1.00 bits per heavy atom. The van der Waals surface area contributed by atoms with Gasteiger partial charge in [0.1, 0.15) is 5.41 Å². The van der Waals surface area contributed by atoms with Crippen LogP contribution in [0.25, 0.3) is 0 Å². The number of amides is 4. The SMILES string of the molecule is CC(=O)Nc1ccc(NC(=O)C(C)(C)C(=O)Nc2cccc(NC(C)=O)c2)cc1. The van der Waals surface area contributed by atoms with Crippen LogP contribution in [-0.4, -0.2) is 23.6 Å². The zero-order valence-electron chi connectivity index (χ0n) is 16.8. The summed E-state index contributed by atoms with van der Waals surface area (Å²) in [5.41, 5.74) is 0.739. The molecule has 2 aromatic carbocycles. The normalized spacial score (nSPS) is 10.6. The average Bonchev–Trinajstić information content (AvgIpc) is 2.62. The van der Waals surface area contributed by atoms with E-state index in [4.69, 9.17) is 0 Å². The largest absolute Gasteiger partial charge is 0.326 e. The molecule has 4 amide bonds. The smallest absolute Gasteiger partial charge is 0.239 e. The van der Waals surface area contributed by atoms with Crippen molar-refractivity contribution < 1.29 is 19.2 Å². The summed E-state index contributed by atoms with van der Waals surface area (Å²) in [5, 5.41) is 10.7. The van der Waals surface area contributed by atoms with Crippen LogP contribution in [0.4, 0.5) is 22.7 Å². The second-order valence-corrected chi connectivity index (χ2v) is 7.05. The molecule has 0 bridgehead atoms. The van der Waals surface area contributed by atoms with E-state index in [2.05, 4.69) is 21.3 Å². The number of nitrogens with one attached hydrogen (secondary N) is 4. The summed E-state index contributed by atoms with van der Waals surface area (Å²) in [5.74, 6) is -1.40. The maximum Gasteiger partial charge on any atom is 0.239 e. The maximum atomic E-state index is 12.7. The first-order valence-corrected chi connectivity index (χ1v) is 8.96. The highest BCUT2D eigenvalue weighted by Gasteiger charge is 2.36. The van der Waals surface area contributed by atoms with Crippen molar-refractivity contribution in [3.05, 3.63) is 48.5 Å². The minimum atomic E-state index is -1.36. The summed E-state index contributed by atoms with van der Waals surface area (Å²) in [6.45, 7) is 5.83. The Kier molecular flexibility index (Phi) is 6.71. The van der Waals surface area contributed by atoms with E-state index in [1.165, 1.54) is 27.7 Å². The van der Waals surface area contributed by atoms with Crippen LogP contribution in [0, 0.1) is 5.41 Å². The highest BCUT2D eigenvalue weighted by molar-refractivity contribution is 6.14. The molecule has 0 saturated carbocycles. The summed E-state index contributed by atoms with van der Waals surface area (Å²) in [6.07, 6.45) is 0. The fraction of sp³-hybridized carbons (Fsp3) is 0.238. The Labute approximate surface area is 169 Å². The van der Waals surface area contributed by atoms with Crippen molar-refractivity contribution in [1.82, 2.24) is 0 Å². The molecule has 0 unspecified atom stereocenters. The van der Waals surface area contributed by atoms with Crippen LogP contribution in [-0.2, 0) is 19.2 Å². The molecular formula is C21H24N4O4. The van der Waals surface area contributed by atoms with Gasteiger partial charge in [-0.25, -0.2) is 0 Å². The monoisotopic (exact) mass is 396 g/mol. The lowest BCUT2D eigenvalue weighted by atomic mass is 9.90. The van der Waals surface area contributed by atoms with Crippen LogP contribution in [0.3, 0.4) is 0 Å². The first kappa shape index (κ1) is 21.6. The molecule has 0 saturated heterocycles. The third kappa shape index (κ3) is 6.17. The molecule has 0 spiro atoms. The Balaban J connectivity index is 2.04. The molecule has 4 N–H and O–H groups in total. The van der Waals surface area contributed by atoms with Gasteiger partial charge in [0.25, 0.3) is 0 Å². The van der Waals surface area contributed by atoms with Gasteiger partial charge in [-0.1, -0.05) is 6.07 Å². The highest BCUT2D eigenvalue weighted by atomic mass is 16.2. The predicted octanol–water partition coefficient (Wildman–Crippen LogP) is 3.21. The van der Waals surface area contributed by atoms with Gasteiger partial charge in [0.2, 0.25) is 23.6 Å². The third-order valence-corrected chi connectivity index (χ3v) is 4.04.